The fourth-order valence-electron chi connectivity index (χ4n) is 2.68. The molecule has 126 valence electrons. The van der Waals surface area contributed by atoms with Gasteiger partial charge in [-0.15, -0.1) is 0 Å². The molecule has 2 aromatic rings. The molecule has 1 N–H and O–H groups in total. The van der Waals surface area contributed by atoms with Gasteiger partial charge in [-0.25, -0.2) is 14.8 Å². The average Bonchev–Trinajstić information content (AvgIpc) is 2.63. The number of para-hydroxylation sites is 1. The van der Waals surface area contributed by atoms with Crippen LogP contribution in [0.2, 0.25) is 0 Å². The molecule has 1 aromatic heterocycles. The zero-order chi connectivity index (χ0) is 16.8. The third kappa shape index (κ3) is 4.22. The van der Waals surface area contributed by atoms with Crippen molar-refractivity contribution in [2.24, 2.45) is 0 Å². The number of likely N-dealkylation sites (tertiary alicyclic amines) is 1. The summed E-state index contributed by atoms with van der Waals surface area (Å²) in [5.41, 5.74) is 1.87. The van der Waals surface area contributed by atoms with Crippen molar-refractivity contribution in [1.29, 1.82) is 0 Å². The first-order chi connectivity index (χ1) is 11.7. The summed E-state index contributed by atoms with van der Waals surface area (Å²) in [5.74, 6) is 0. The van der Waals surface area contributed by atoms with Crippen molar-refractivity contribution in [2.75, 3.05) is 18.4 Å². The maximum absolute atomic E-state index is 12.4. The number of amides is 2. The highest BCUT2D eigenvalue weighted by Gasteiger charge is 2.25. The van der Waals surface area contributed by atoms with Gasteiger partial charge in [-0.1, -0.05) is 25.1 Å². The second kappa shape index (κ2) is 7.77. The van der Waals surface area contributed by atoms with Crippen LogP contribution in [-0.4, -0.2) is 40.1 Å². The maximum Gasteiger partial charge on any atom is 0.321 e. The average molecular weight is 326 g/mol. The van der Waals surface area contributed by atoms with Crippen LogP contribution in [0, 0.1) is 0 Å². The van der Waals surface area contributed by atoms with Crippen molar-refractivity contribution >= 4 is 11.7 Å². The second-order valence-electron chi connectivity index (χ2n) is 5.85. The van der Waals surface area contributed by atoms with Gasteiger partial charge in [0.2, 0.25) is 0 Å². The predicted octanol–water partition coefficient (Wildman–Crippen LogP) is 3.11. The molecule has 1 saturated heterocycles. The van der Waals surface area contributed by atoms with Gasteiger partial charge in [-0.2, -0.15) is 0 Å². The number of ether oxygens (including phenoxy) is 1. The number of aryl methyl sites for hydroxylation is 1. The number of hydrogen-bond acceptors (Lipinski definition) is 4. The molecular weight excluding hydrogens is 304 g/mol. The van der Waals surface area contributed by atoms with Crippen molar-refractivity contribution in [3.05, 3.63) is 48.3 Å². The number of nitrogens with zero attached hydrogens (tertiary/aromatic N) is 3. The van der Waals surface area contributed by atoms with E-state index in [1.54, 1.807) is 17.3 Å². The molecule has 0 spiro atoms. The number of carbonyl (C=O) groups excluding carboxylic acids is 1. The Morgan fingerprint density at radius 3 is 2.75 bits per heavy atom. The van der Waals surface area contributed by atoms with Crippen LogP contribution in [0.15, 0.2) is 42.7 Å². The lowest BCUT2D eigenvalue weighted by Gasteiger charge is -2.32. The van der Waals surface area contributed by atoms with Gasteiger partial charge < -0.3 is 15.0 Å². The lowest BCUT2D eigenvalue weighted by atomic mass is 10.1. The Morgan fingerprint density at radius 2 is 2.04 bits per heavy atom. The molecule has 24 heavy (non-hydrogen) atoms. The van der Waals surface area contributed by atoms with Gasteiger partial charge in [0.05, 0.1) is 6.54 Å². The van der Waals surface area contributed by atoms with E-state index < -0.39 is 0 Å². The number of carbonyl (C=O) groups is 1. The summed E-state index contributed by atoms with van der Waals surface area (Å²) in [4.78, 5) is 22.6. The summed E-state index contributed by atoms with van der Waals surface area (Å²) in [6, 6.07) is 9.74. The highest BCUT2D eigenvalue weighted by molar-refractivity contribution is 5.89. The Balaban J connectivity index is 1.56. The highest BCUT2D eigenvalue weighted by Crippen LogP contribution is 2.17. The van der Waals surface area contributed by atoms with E-state index in [0.717, 1.165) is 37.1 Å². The van der Waals surface area contributed by atoms with Gasteiger partial charge >= 0.3 is 12.0 Å². The number of urea groups is 1. The molecule has 0 bridgehead atoms. The SMILES string of the molecule is CCc1cnc(OC2CCCN(C(=O)Nc3ccccc3)C2)nc1. The van der Waals surface area contributed by atoms with E-state index in [-0.39, 0.29) is 12.1 Å². The summed E-state index contributed by atoms with van der Waals surface area (Å²) >= 11 is 0. The second-order valence-corrected chi connectivity index (χ2v) is 5.85. The summed E-state index contributed by atoms with van der Waals surface area (Å²) in [6.45, 7) is 3.33. The van der Waals surface area contributed by atoms with Gasteiger partial charge in [-0.05, 0) is 37.0 Å². The van der Waals surface area contributed by atoms with Crippen LogP contribution >= 0.6 is 0 Å². The first kappa shape index (κ1) is 16.2. The van der Waals surface area contributed by atoms with Crippen LogP contribution in [0.4, 0.5) is 10.5 Å². The summed E-state index contributed by atoms with van der Waals surface area (Å²) < 4.78 is 5.84. The zero-order valence-electron chi connectivity index (χ0n) is 13.8. The molecule has 0 radical (unpaired) electrons. The number of aromatic nitrogens is 2. The van der Waals surface area contributed by atoms with Crippen molar-refractivity contribution in [3.63, 3.8) is 0 Å². The third-order valence-electron chi connectivity index (χ3n) is 4.05. The van der Waals surface area contributed by atoms with Crippen molar-refractivity contribution in [2.45, 2.75) is 32.3 Å². The number of piperidine rings is 1. The molecule has 1 aliphatic heterocycles. The third-order valence-corrected chi connectivity index (χ3v) is 4.05. The lowest BCUT2D eigenvalue weighted by Crippen LogP contribution is -2.46. The van der Waals surface area contributed by atoms with Crippen LogP contribution < -0.4 is 10.1 Å². The van der Waals surface area contributed by atoms with Crippen LogP contribution in [0.25, 0.3) is 0 Å². The zero-order valence-corrected chi connectivity index (χ0v) is 13.8. The van der Waals surface area contributed by atoms with Crippen molar-refractivity contribution in [1.82, 2.24) is 14.9 Å². The van der Waals surface area contributed by atoms with Gasteiger partial charge in [0.15, 0.2) is 0 Å². The first-order valence-electron chi connectivity index (χ1n) is 8.33. The largest absolute Gasteiger partial charge is 0.458 e. The van der Waals surface area contributed by atoms with E-state index in [9.17, 15) is 4.79 Å². The summed E-state index contributed by atoms with van der Waals surface area (Å²) in [6.07, 6.45) is 6.19. The quantitative estimate of drug-likeness (QED) is 0.937. The predicted molar refractivity (Wildman–Crippen MR) is 92.1 cm³/mol. The molecule has 0 saturated carbocycles. The Morgan fingerprint density at radius 1 is 1.29 bits per heavy atom. The number of anilines is 1. The van der Waals surface area contributed by atoms with Crippen LogP contribution in [0.5, 0.6) is 6.01 Å². The number of rotatable bonds is 4. The van der Waals surface area contributed by atoms with Gasteiger partial charge in [-0.3, -0.25) is 0 Å². The van der Waals surface area contributed by atoms with E-state index in [2.05, 4.69) is 22.2 Å². The molecule has 1 unspecified atom stereocenters. The maximum atomic E-state index is 12.4. The molecule has 1 aromatic carbocycles. The standard InChI is InChI=1S/C18H22N4O2/c1-2-14-11-19-17(20-12-14)24-16-9-6-10-22(13-16)18(23)21-15-7-4-3-5-8-15/h3-5,7-8,11-12,16H,2,6,9-10,13H2,1H3,(H,21,23). The fourth-order valence-corrected chi connectivity index (χ4v) is 2.68. The summed E-state index contributed by atoms with van der Waals surface area (Å²) in [5, 5.41) is 2.91. The Hall–Kier alpha value is -2.63. The minimum Gasteiger partial charge on any atom is -0.458 e. The van der Waals surface area contributed by atoms with E-state index in [1.165, 1.54) is 0 Å². The topological polar surface area (TPSA) is 67.3 Å². The Kier molecular flexibility index (Phi) is 5.25. The van der Waals surface area contributed by atoms with Gasteiger partial charge in [0, 0.05) is 24.6 Å². The van der Waals surface area contributed by atoms with Crippen molar-refractivity contribution < 1.29 is 9.53 Å². The highest BCUT2D eigenvalue weighted by atomic mass is 16.5. The number of hydrogen-bond donors (Lipinski definition) is 1. The minimum atomic E-state index is -0.100. The fraction of sp³-hybridized carbons (Fsp3) is 0.389. The Bertz CT molecular complexity index is 660. The molecule has 1 fully saturated rings. The summed E-state index contributed by atoms with van der Waals surface area (Å²) in [7, 11) is 0. The van der Waals surface area contributed by atoms with Crippen molar-refractivity contribution in [3.8, 4) is 6.01 Å². The Labute approximate surface area is 141 Å². The molecule has 0 aliphatic carbocycles. The molecule has 1 aliphatic rings. The van der Waals surface area contributed by atoms with Crippen LogP contribution in [0.3, 0.4) is 0 Å². The molecule has 3 rings (SSSR count). The van der Waals surface area contributed by atoms with E-state index >= 15 is 0 Å². The molecule has 1 atom stereocenters. The van der Waals surface area contributed by atoms with Gasteiger partial charge in [0.25, 0.3) is 0 Å². The lowest BCUT2D eigenvalue weighted by molar-refractivity contribution is 0.0982. The first-order valence-corrected chi connectivity index (χ1v) is 8.33. The molecule has 2 amide bonds. The minimum absolute atomic E-state index is 0.0762. The van der Waals surface area contributed by atoms with Crippen LogP contribution in [0.1, 0.15) is 25.3 Å². The number of benzene rings is 1. The monoisotopic (exact) mass is 326 g/mol. The van der Waals surface area contributed by atoms with E-state index in [1.807, 2.05) is 30.3 Å². The smallest absolute Gasteiger partial charge is 0.321 e. The van der Waals surface area contributed by atoms with Gasteiger partial charge in [0.1, 0.15) is 6.10 Å². The van der Waals surface area contributed by atoms with E-state index in [0.29, 0.717) is 12.6 Å². The van der Waals surface area contributed by atoms with E-state index in [4.69, 9.17) is 4.74 Å². The number of nitrogens with one attached hydrogen (secondary N) is 1. The molecule has 2 heterocycles. The molecule has 6 nitrogen and oxygen atoms in total. The molecular formula is C18H22N4O2. The van der Waals surface area contributed by atoms with Crippen LogP contribution in [-0.2, 0) is 6.42 Å². The molecule has 6 heteroatoms. The normalized spacial score (nSPS) is 17.4.